The summed E-state index contributed by atoms with van der Waals surface area (Å²) in [5, 5.41) is 18.4. The van der Waals surface area contributed by atoms with E-state index in [1.54, 1.807) is 16.9 Å². The van der Waals surface area contributed by atoms with Gasteiger partial charge in [-0.15, -0.1) is 0 Å². The maximum absolute atomic E-state index is 11.7. The van der Waals surface area contributed by atoms with Crippen molar-refractivity contribution >= 4 is 11.8 Å². The van der Waals surface area contributed by atoms with E-state index < -0.39 is 0 Å². The van der Waals surface area contributed by atoms with E-state index in [2.05, 4.69) is 15.7 Å². The molecule has 1 unspecified atom stereocenters. The molecular weight excluding hydrogens is 232 g/mol. The molecule has 3 N–H and O–H groups in total. The van der Waals surface area contributed by atoms with E-state index in [4.69, 9.17) is 5.11 Å². The second-order valence-corrected chi connectivity index (χ2v) is 4.71. The van der Waals surface area contributed by atoms with Crippen molar-refractivity contribution < 1.29 is 9.90 Å². The minimum absolute atomic E-state index is 0.143. The zero-order chi connectivity index (χ0) is 13.5. The van der Waals surface area contributed by atoms with E-state index in [1.807, 2.05) is 20.8 Å². The number of aliphatic hydroxyl groups is 1. The largest absolute Gasteiger partial charge is 0.396 e. The van der Waals surface area contributed by atoms with Gasteiger partial charge < -0.3 is 10.4 Å². The molecule has 6 heteroatoms. The summed E-state index contributed by atoms with van der Waals surface area (Å²) in [4.78, 5) is 11.7. The van der Waals surface area contributed by atoms with Gasteiger partial charge in [-0.25, -0.2) is 9.48 Å². The number of nitrogens with zero attached hydrogens (tertiary/aromatic N) is 2. The normalized spacial score (nSPS) is 12.5. The highest BCUT2D eigenvalue weighted by atomic mass is 16.3. The van der Waals surface area contributed by atoms with Crippen LogP contribution in [0.15, 0.2) is 12.3 Å². The highest BCUT2D eigenvalue weighted by Crippen LogP contribution is 2.12. The van der Waals surface area contributed by atoms with Gasteiger partial charge in [-0.3, -0.25) is 5.32 Å². The third-order valence-corrected chi connectivity index (χ3v) is 2.63. The Morgan fingerprint density at radius 3 is 2.83 bits per heavy atom. The number of nitrogens with one attached hydrogen (secondary N) is 2. The standard InChI is InChI=1S/C12H22N4O2/c1-9(2)16-11(4-6-14-16)15-12(18)13-8-10(3)5-7-17/h4,6,9-10,17H,5,7-8H2,1-3H3,(H2,13,15,18). The summed E-state index contributed by atoms with van der Waals surface area (Å²) in [6.07, 6.45) is 2.34. The third-order valence-electron chi connectivity index (χ3n) is 2.63. The number of carbonyl (C=O) groups excluding carboxylic acids is 1. The van der Waals surface area contributed by atoms with E-state index in [1.165, 1.54) is 0 Å². The average molecular weight is 254 g/mol. The zero-order valence-electron chi connectivity index (χ0n) is 11.2. The van der Waals surface area contributed by atoms with Crippen LogP contribution in [0.3, 0.4) is 0 Å². The van der Waals surface area contributed by atoms with E-state index >= 15 is 0 Å². The predicted octanol–water partition coefficient (Wildman–Crippen LogP) is 1.60. The third kappa shape index (κ3) is 4.37. The lowest BCUT2D eigenvalue weighted by atomic mass is 10.1. The number of hydrogen-bond acceptors (Lipinski definition) is 3. The molecule has 0 bridgehead atoms. The van der Waals surface area contributed by atoms with Gasteiger partial charge in [-0.2, -0.15) is 5.10 Å². The first-order valence-corrected chi connectivity index (χ1v) is 6.23. The molecule has 102 valence electrons. The molecule has 0 aliphatic carbocycles. The predicted molar refractivity (Wildman–Crippen MR) is 70.5 cm³/mol. The molecule has 0 radical (unpaired) electrons. The van der Waals surface area contributed by atoms with Crippen LogP contribution < -0.4 is 10.6 Å². The first-order valence-electron chi connectivity index (χ1n) is 6.23. The van der Waals surface area contributed by atoms with Gasteiger partial charge in [0.2, 0.25) is 0 Å². The average Bonchev–Trinajstić information content (AvgIpc) is 2.75. The molecule has 1 aromatic rings. The van der Waals surface area contributed by atoms with Crippen LogP contribution in [0.2, 0.25) is 0 Å². The number of hydrogen-bond donors (Lipinski definition) is 3. The molecule has 1 atom stereocenters. The fraction of sp³-hybridized carbons (Fsp3) is 0.667. The Bertz CT molecular complexity index is 376. The smallest absolute Gasteiger partial charge is 0.320 e. The van der Waals surface area contributed by atoms with Crippen molar-refractivity contribution in [1.82, 2.24) is 15.1 Å². The van der Waals surface area contributed by atoms with Gasteiger partial charge in [0, 0.05) is 25.3 Å². The lowest BCUT2D eigenvalue weighted by molar-refractivity contribution is 0.243. The fourth-order valence-electron chi connectivity index (χ4n) is 1.57. The quantitative estimate of drug-likeness (QED) is 0.721. The minimum Gasteiger partial charge on any atom is -0.396 e. The second kappa shape index (κ2) is 7.00. The molecule has 0 spiro atoms. The molecule has 0 aromatic carbocycles. The van der Waals surface area contributed by atoms with E-state index in [0.717, 1.165) is 0 Å². The summed E-state index contributed by atoms with van der Waals surface area (Å²) in [5.41, 5.74) is 0. The SMILES string of the molecule is CC(CCO)CNC(=O)Nc1ccnn1C(C)C. The van der Waals surface area contributed by atoms with Gasteiger partial charge in [-0.05, 0) is 26.2 Å². The van der Waals surface area contributed by atoms with Crippen LogP contribution in [0.4, 0.5) is 10.6 Å². The van der Waals surface area contributed by atoms with Crippen LogP contribution in [0.1, 0.15) is 33.2 Å². The zero-order valence-corrected chi connectivity index (χ0v) is 11.2. The number of amides is 2. The molecule has 18 heavy (non-hydrogen) atoms. The summed E-state index contributed by atoms with van der Waals surface area (Å²) < 4.78 is 1.75. The molecule has 1 aromatic heterocycles. The lowest BCUT2D eigenvalue weighted by Crippen LogP contribution is -2.33. The Morgan fingerprint density at radius 2 is 2.22 bits per heavy atom. The van der Waals surface area contributed by atoms with E-state index in [9.17, 15) is 4.79 Å². The van der Waals surface area contributed by atoms with Crippen LogP contribution in [0.5, 0.6) is 0 Å². The summed E-state index contributed by atoms with van der Waals surface area (Å²) >= 11 is 0. The summed E-state index contributed by atoms with van der Waals surface area (Å²) in [6, 6.07) is 1.71. The number of anilines is 1. The Hall–Kier alpha value is -1.56. The van der Waals surface area contributed by atoms with Crippen LogP contribution in [0, 0.1) is 5.92 Å². The second-order valence-electron chi connectivity index (χ2n) is 4.71. The van der Waals surface area contributed by atoms with Gasteiger partial charge in [-0.1, -0.05) is 6.92 Å². The fourth-order valence-corrected chi connectivity index (χ4v) is 1.57. The molecule has 0 aliphatic heterocycles. The highest BCUT2D eigenvalue weighted by Gasteiger charge is 2.09. The molecule has 0 aliphatic rings. The van der Waals surface area contributed by atoms with Gasteiger partial charge in [0.25, 0.3) is 0 Å². The maximum Gasteiger partial charge on any atom is 0.320 e. The summed E-state index contributed by atoms with van der Waals surface area (Å²) in [7, 11) is 0. The van der Waals surface area contributed by atoms with Crippen molar-refractivity contribution in [2.24, 2.45) is 5.92 Å². The van der Waals surface area contributed by atoms with Crippen molar-refractivity contribution in [2.75, 3.05) is 18.5 Å². The Morgan fingerprint density at radius 1 is 1.50 bits per heavy atom. The van der Waals surface area contributed by atoms with Crippen LogP contribution >= 0.6 is 0 Å². The molecule has 0 saturated carbocycles. The molecule has 0 fully saturated rings. The summed E-state index contributed by atoms with van der Waals surface area (Å²) in [6.45, 7) is 6.67. The number of rotatable bonds is 6. The van der Waals surface area contributed by atoms with Crippen molar-refractivity contribution in [3.8, 4) is 0 Å². The molecule has 0 saturated heterocycles. The van der Waals surface area contributed by atoms with Gasteiger partial charge in [0.1, 0.15) is 5.82 Å². The van der Waals surface area contributed by atoms with Crippen molar-refractivity contribution in [3.63, 3.8) is 0 Å². The van der Waals surface area contributed by atoms with Crippen molar-refractivity contribution in [3.05, 3.63) is 12.3 Å². The monoisotopic (exact) mass is 254 g/mol. The van der Waals surface area contributed by atoms with E-state index in [0.29, 0.717) is 18.8 Å². The Balaban J connectivity index is 2.42. The molecule has 2 amide bonds. The summed E-state index contributed by atoms with van der Waals surface area (Å²) in [5.74, 6) is 0.938. The van der Waals surface area contributed by atoms with Crippen molar-refractivity contribution in [2.45, 2.75) is 33.2 Å². The molecule has 6 nitrogen and oxygen atoms in total. The number of aliphatic hydroxyl groups excluding tert-OH is 1. The maximum atomic E-state index is 11.7. The van der Waals surface area contributed by atoms with Crippen LogP contribution in [0.25, 0.3) is 0 Å². The van der Waals surface area contributed by atoms with Crippen molar-refractivity contribution in [1.29, 1.82) is 0 Å². The molecular formula is C12H22N4O2. The number of urea groups is 1. The Kier molecular flexibility index (Phi) is 5.64. The van der Waals surface area contributed by atoms with Gasteiger partial charge in [0.15, 0.2) is 0 Å². The van der Waals surface area contributed by atoms with Crippen LogP contribution in [-0.4, -0.2) is 34.1 Å². The number of carbonyl (C=O) groups is 1. The first kappa shape index (κ1) is 14.5. The lowest BCUT2D eigenvalue weighted by Gasteiger charge is -2.14. The van der Waals surface area contributed by atoms with Gasteiger partial charge >= 0.3 is 6.03 Å². The first-order chi connectivity index (χ1) is 8.54. The minimum atomic E-state index is -0.248. The van der Waals surface area contributed by atoms with Gasteiger partial charge in [0.05, 0.1) is 6.20 Å². The molecule has 1 rings (SSSR count). The topological polar surface area (TPSA) is 79.2 Å². The molecule has 1 heterocycles. The van der Waals surface area contributed by atoms with E-state index in [-0.39, 0.29) is 24.6 Å². The highest BCUT2D eigenvalue weighted by molar-refractivity contribution is 5.88. The Labute approximate surface area is 107 Å². The number of aromatic nitrogens is 2. The van der Waals surface area contributed by atoms with Crippen LogP contribution in [-0.2, 0) is 0 Å².